The lowest BCUT2D eigenvalue weighted by molar-refractivity contribution is -0.119. The Balaban J connectivity index is 0.000000293. The molecule has 2 N–H and O–H groups in total. The zero-order valence-corrected chi connectivity index (χ0v) is 15.7. The largest absolute Gasteiger partial charge is 0.384 e. The summed E-state index contributed by atoms with van der Waals surface area (Å²) in [6, 6.07) is 10.5. The van der Waals surface area contributed by atoms with Crippen LogP contribution in [0.1, 0.15) is 30.9 Å². The first-order chi connectivity index (χ1) is 13.3. The molecule has 0 spiro atoms. The van der Waals surface area contributed by atoms with Gasteiger partial charge in [0, 0.05) is 12.5 Å². The predicted molar refractivity (Wildman–Crippen MR) is 103 cm³/mol. The number of carbonyl (C=O) groups is 1. The average Bonchev–Trinajstić information content (AvgIpc) is 3.07. The molecule has 0 aliphatic carbocycles. The molecule has 1 heterocycles. The third-order valence-electron chi connectivity index (χ3n) is 3.90. The highest BCUT2D eigenvalue weighted by Gasteiger charge is 2.14. The number of hydrogen-bond acceptors (Lipinski definition) is 2. The lowest BCUT2D eigenvalue weighted by Gasteiger charge is -2.03. The van der Waals surface area contributed by atoms with E-state index in [0.29, 0.717) is 18.9 Å². The van der Waals surface area contributed by atoms with Crippen LogP contribution in [0.4, 0.5) is 13.2 Å². The molecule has 1 amide bonds. The molecule has 6 heteroatoms. The van der Waals surface area contributed by atoms with Crippen LogP contribution in [0.25, 0.3) is 0 Å². The van der Waals surface area contributed by atoms with E-state index in [-0.39, 0.29) is 18.3 Å². The molecule has 1 atom stereocenters. The van der Waals surface area contributed by atoms with Crippen LogP contribution < -0.4 is 5.32 Å². The summed E-state index contributed by atoms with van der Waals surface area (Å²) in [4.78, 5) is 10.3. The van der Waals surface area contributed by atoms with Crippen LogP contribution in [0.2, 0.25) is 0 Å². The Hall–Kier alpha value is -2.78. The Kier molecular flexibility index (Phi) is 10.4. The fourth-order valence-electron chi connectivity index (χ4n) is 2.40. The van der Waals surface area contributed by atoms with Crippen molar-refractivity contribution in [2.45, 2.75) is 38.6 Å². The highest BCUT2D eigenvalue weighted by atomic mass is 19.2. The number of terminal acetylenes is 1. The molecule has 0 saturated carbocycles. The highest BCUT2D eigenvalue weighted by molar-refractivity contribution is 5.78. The molecule has 3 nitrogen and oxygen atoms in total. The first-order valence-corrected chi connectivity index (χ1v) is 8.87. The molecular formula is C22H24F3NO2. The number of nitrogens with one attached hydrogen (secondary N) is 1. The van der Waals surface area contributed by atoms with E-state index in [2.05, 4.69) is 11.7 Å². The van der Waals surface area contributed by atoms with Gasteiger partial charge < -0.3 is 10.4 Å². The van der Waals surface area contributed by atoms with E-state index in [1.165, 1.54) is 18.2 Å². The lowest BCUT2D eigenvalue weighted by atomic mass is 10.0. The normalized spacial score (nSPS) is 14.7. The van der Waals surface area contributed by atoms with Crippen LogP contribution in [0.15, 0.2) is 42.5 Å². The van der Waals surface area contributed by atoms with E-state index in [1.54, 1.807) is 18.2 Å². The minimum absolute atomic E-state index is 0.153. The number of aliphatic hydroxyl groups excluding tert-OH is 1. The fourth-order valence-corrected chi connectivity index (χ4v) is 2.40. The average molecular weight is 391 g/mol. The number of rotatable bonds is 3. The third-order valence-corrected chi connectivity index (χ3v) is 3.90. The van der Waals surface area contributed by atoms with Gasteiger partial charge in [-0.15, -0.1) is 6.42 Å². The first-order valence-electron chi connectivity index (χ1n) is 8.87. The number of aliphatic hydroxyl groups is 1. The molecule has 1 unspecified atom stereocenters. The maximum atomic E-state index is 12.9. The summed E-state index contributed by atoms with van der Waals surface area (Å²) >= 11 is 0. The van der Waals surface area contributed by atoms with Crippen molar-refractivity contribution >= 4 is 5.91 Å². The molecule has 1 fully saturated rings. The van der Waals surface area contributed by atoms with Gasteiger partial charge in [0.2, 0.25) is 5.91 Å². The van der Waals surface area contributed by atoms with Crippen LogP contribution >= 0.6 is 0 Å². The summed E-state index contributed by atoms with van der Waals surface area (Å²) in [5, 5.41) is 10.4. The Morgan fingerprint density at radius 1 is 1.07 bits per heavy atom. The molecule has 2 aromatic rings. The van der Waals surface area contributed by atoms with Gasteiger partial charge >= 0.3 is 0 Å². The summed E-state index contributed by atoms with van der Waals surface area (Å²) in [7, 11) is 0. The van der Waals surface area contributed by atoms with E-state index in [1.807, 2.05) is 12.8 Å². The van der Waals surface area contributed by atoms with Crippen LogP contribution in [0, 0.1) is 29.8 Å². The summed E-state index contributed by atoms with van der Waals surface area (Å²) in [6.07, 6.45) is 7.54. The SMILES string of the molecule is C#CCO.CC1CCC(=O)N1.Fc1ccc(CCc2ccc(F)c(F)c2)cc1. The van der Waals surface area contributed by atoms with Crippen molar-refractivity contribution in [3.63, 3.8) is 0 Å². The van der Waals surface area contributed by atoms with E-state index in [4.69, 9.17) is 5.11 Å². The number of carbonyl (C=O) groups excluding carboxylic acids is 1. The molecule has 28 heavy (non-hydrogen) atoms. The van der Waals surface area contributed by atoms with Crippen molar-refractivity contribution < 1.29 is 23.1 Å². The van der Waals surface area contributed by atoms with Crippen molar-refractivity contribution in [3.8, 4) is 12.3 Å². The molecule has 2 aromatic carbocycles. The van der Waals surface area contributed by atoms with Gasteiger partial charge in [0.1, 0.15) is 12.4 Å². The number of hydrogen-bond donors (Lipinski definition) is 2. The van der Waals surface area contributed by atoms with Gasteiger partial charge in [0.05, 0.1) is 0 Å². The van der Waals surface area contributed by atoms with Gasteiger partial charge in [-0.3, -0.25) is 4.79 Å². The summed E-state index contributed by atoms with van der Waals surface area (Å²) in [5.74, 6) is 0.242. The summed E-state index contributed by atoms with van der Waals surface area (Å²) < 4.78 is 38.3. The van der Waals surface area contributed by atoms with E-state index in [0.717, 1.165) is 30.0 Å². The van der Waals surface area contributed by atoms with Gasteiger partial charge in [0.25, 0.3) is 0 Å². The second-order valence-electron chi connectivity index (χ2n) is 6.24. The van der Waals surface area contributed by atoms with Crippen molar-refractivity contribution in [2.75, 3.05) is 6.61 Å². The van der Waals surface area contributed by atoms with Crippen molar-refractivity contribution in [1.82, 2.24) is 5.32 Å². The van der Waals surface area contributed by atoms with Gasteiger partial charge in [-0.25, -0.2) is 13.2 Å². The number of amides is 1. The number of halogens is 3. The molecule has 0 radical (unpaired) electrons. The van der Waals surface area contributed by atoms with Gasteiger partial charge in [-0.1, -0.05) is 24.1 Å². The molecule has 0 aromatic heterocycles. The second-order valence-corrected chi connectivity index (χ2v) is 6.24. The van der Waals surface area contributed by atoms with Crippen LogP contribution in [-0.4, -0.2) is 23.7 Å². The third kappa shape index (κ3) is 9.24. The molecule has 1 aliphatic heterocycles. The summed E-state index contributed by atoms with van der Waals surface area (Å²) in [5.41, 5.74) is 1.70. The number of aryl methyl sites for hydroxylation is 2. The molecule has 3 rings (SSSR count). The van der Waals surface area contributed by atoms with Crippen LogP contribution in [0.5, 0.6) is 0 Å². The Morgan fingerprint density at radius 2 is 1.64 bits per heavy atom. The second kappa shape index (κ2) is 12.6. The van der Waals surface area contributed by atoms with Crippen molar-refractivity contribution in [2.24, 2.45) is 0 Å². The Bertz CT molecular complexity index is 785. The van der Waals surface area contributed by atoms with Crippen LogP contribution in [0.3, 0.4) is 0 Å². The van der Waals surface area contributed by atoms with Gasteiger partial charge in [-0.05, 0) is 61.6 Å². The zero-order chi connectivity index (χ0) is 20.9. The zero-order valence-electron chi connectivity index (χ0n) is 15.7. The first kappa shape index (κ1) is 23.3. The lowest BCUT2D eigenvalue weighted by Crippen LogP contribution is -2.21. The summed E-state index contributed by atoms with van der Waals surface area (Å²) in [6.45, 7) is 1.87. The van der Waals surface area contributed by atoms with E-state index < -0.39 is 11.6 Å². The molecule has 0 bridgehead atoms. The molecule has 150 valence electrons. The highest BCUT2D eigenvalue weighted by Crippen LogP contribution is 2.12. The minimum Gasteiger partial charge on any atom is -0.384 e. The van der Waals surface area contributed by atoms with Crippen molar-refractivity contribution in [3.05, 3.63) is 71.0 Å². The molecule has 1 saturated heterocycles. The quantitative estimate of drug-likeness (QED) is 0.783. The van der Waals surface area contributed by atoms with E-state index >= 15 is 0 Å². The Labute approximate surface area is 163 Å². The smallest absolute Gasteiger partial charge is 0.220 e. The minimum atomic E-state index is -0.837. The predicted octanol–water partition coefficient (Wildman–Crippen LogP) is 3.79. The maximum absolute atomic E-state index is 12.9. The fraction of sp³-hybridized carbons (Fsp3) is 0.318. The van der Waals surface area contributed by atoms with Crippen molar-refractivity contribution in [1.29, 1.82) is 0 Å². The molecule has 1 aliphatic rings. The number of benzene rings is 2. The Morgan fingerprint density at radius 3 is 2.07 bits per heavy atom. The topological polar surface area (TPSA) is 49.3 Å². The standard InChI is InChI=1S/C14H11F3.C5H9NO.C3H4O/c15-12-6-3-10(4-7-12)1-2-11-5-8-13(16)14(17)9-11;1-4-2-3-5(7)6-4;1-2-3-4/h3-9H,1-2H2;4H,2-3H2,1H3,(H,6,7);1,4H,3H2. The van der Waals surface area contributed by atoms with Gasteiger partial charge in [0.15, 0.2) is 11.6 Å². The van der Waals surface area contributed by atoms with Crippen LogP contribution in [-0.2, 0) is 17.6 Å². The maximum Gasteiger partial charge on any atom is 0.220 e. The molecular weight excluding hydrogens is 367 g/mol. The van der Waals surface area contributed by atoms with E-state index in [9.17, 15) is 18.0 Å². The monoisotopic (exact) mass is 391 g/mol. The van der Waals surface area contributed by atoms with Gasteiger partial charge in [-0.2, -0.15) is 0 Å².